The van der Waals surface area contributed by atoms with Gasteiger partial charge >= 0.3 is 8.80 Å². The van der Waals surface area contributed by atoms with Crippen LogP contribution >= 0.6 is 15.8 Å². The molecule has 0 aromatic heterocycles. The summed E-state index contributed by atoms with van der Waals surface area (Å²) in [5.74, 6) is 0. The van der Waals surface area contributed by atoms with Gasteiger partial charge < -0.3 is 13.3 Å². The van der Waals surface area contributed by atoms with E-state index in [0.29, 0.717) is 13.2 Å². The van der Waals surface area contributed by atoms with Crippen LogP contribution < -0.4 is 21.2 Å². The monoisotopic (exact) mass is 660 g/mol. The highest BCUT2D eigenvalue weighted by Crippen LogP contribution is 2.42. The zero-order valence-electron chi connectivity index (χ0n) is 27.0. The van der Waals surface area contributed by atoms with Gasteiger partial charge in [0.05, 0.1) is 5.60 Å². The van der Waals surface area contributed by atoms with Crippen molar-refractivity contribution in [1.29, 1.82) is 0 Å². The molecule has 0 bridgehead atoms. The van der Waals surface area contributed by atoms with E-state index in [9.17, 15) is 0 Å². The number of rotatable bonds is 19. The van der Waals surface area contributed by atoms with E-state index in [1.54, 1.807) is 0 Å². The lowest BCUT2D eigenvalue weighted by atomic mass is 10.0. The molecule has 0 amide bonds. The van der Waals surface area contributed by atoms with Gasteiger partial charge in [-0.3, -0.25) is 0 Å². The van der Waals surface area contributed by atoms with Gasteiger partial charge in [-0.1, -0.05) is 134 Å². The van der Waals surface area contributed by atoms with E-state index in [2.05, 4.69) is 149 Å². The lowest BCUT2D eigenvalue weighted by Crippen LogP contribution is -2.53. The van der Waals surface area contributed by atoms with Crippen LogP contribution in [0.4, 0.5) is 0 Å². The Balaban J connectivity index is 1.68. The summed E-state index contributed by atoms with van der Waals surface area (Å²) in [5.41, 5.74) is -0.375. The second-order valence-corrected chi connectivity index (χ2v) is 20.4. The molecule has 7 heteroatoms. The topological polar surface area (TPSA) is 27.7 Å². The lowest BCUT2D eigenvalue weighted by Gasteiger charge is -2.41. The molecule has 0 saturated heterocycles. The molecule has 0 N–H and O–H groups in total. The zero-order valence-corrected chi connectivity index (χ0v) is 31.2. The summed E-state index contributed by atoms with van der Waals surface area (Å²) in [6, 6.07) is 46.3. The van der Waals surface area contributed by atoms with Crippen molar-refractivity contribution in [2.24, 2.45) is 0 Å². The minimum absolute atomic E-state index is 0.141. The van der Waals surface area contributed by atoms with Crippen LogP contribution in [-0.4, -0.2) is 49.5 Å². The van der Waals surface area contributed by atoms with Crippen molar-refractivity contribution in [2.75, 3.05) is 25.5 Å². The molecule has 234 valence electrons. The van der Waals surface area contributed by atoms with Crippen LogP contribution in [0.3, 0.4) is 0 Å². The van der Waals surface area contributed by atoms with Crippen LogP contribution in [0, 0.1) is 0 Å². The van der Waals surface area contributed by atoms with Crippen molar-refractivity contribution in [1.82, 2.24) is 0 Å². The fraction of sp³-hybridized carbons (Fsp3) is 0.351. The summed E-state index contributed by atoms with van der Waals surface area (Å²) in [7, 11) is -4.07. The fourth-order valence-corrected chi connectivity index (χ4v) is 16.4. The summed E-state index contributed by atoms with van der Waals surface area (Å²) in [6.07, 6.45) is 4.01. The maximum Gasteiger partial charge on any atom is 0.501 e. The molecule has 0 radical (unpaired) electrons. The van der Waals surface area contributed by atoms with E-state index in [0.717, 1.165) is 31.2 Å². The van der Waals surface area contributed by atoms with Crippen molar-refractivity contribution in [3.63, 3.8) is 0 Å². The molecule has 0 unspecified atom stereocenters. The second-order valence-electron chi connectivity index (χ2n) is 11.4. The maximum absolute atomic E-state index is 7.39. The Morgan fingerprint density at radius 3 is 1.23 bits per heavy atom. The maximum atomic E-state index is 7.39. The Morgan fingerprint density at radius 2 is 0.932 bits per heavy atom. The molecule has 44 heavy (non-hydrogen) atoms. The van der Waals surface area contributed by atoms with Crippen LogP contribution in [0.15, 0.2) is 121 Å². The van der Waals surface area contributed by atoms with E-state index >= 15 is 0 Å². The number of benzene rings is 4. The highest BCUT2D eigenvalue weighted by molar-refractivity contribution is 7.73. The van der Waals surface area contributed by atoms with Crippen molar-refractivity contribution in [3.05, 3.63) is 121 Å². The highest BCUT2D eigenvalue weighted by Gasteiger charge is 2.46. The van der Waals surface area contributed by atoms with Crippen LogP contribution in [0.2, 0.25) is 18.6 Å². The summed E-state index contributed by atoms with van der Waals surface area (Å²) in [5, 5.41) is 5.67. The molecule has 0 saturated carbocycles. The van der Waals surface area contributed by atoms with Gasteiger partial charge in [-0.2, -0.15) is 0 Å². The Morgan fingerprint density at radius 1 is 0.591 bits per heavy atom. The van der Waals surface area contributed by atoms with E-state index < -0.39 is 24.6 Å². The molecule has 0 aliphatic carbocycles. The Labute approximate surface area is 272 Å². The second kappa shape index (κ2) is 18.3. The minimum atomic E-state index is -2.86. The first kappa shape index (κ1) is 34.9. The van der Waals surface area contributed by atoms with Gasteiger partial charge in [-0.05, 0) is 83.0 Å². The van der Waals surface area contributed by atoms with Crippen LogP contribution in [-0.2, 0) is 13.3 Å². The molecular formula is C37H50O3P2Si2. The molecule has 0 fully saturated rings. The van der Waals surface area contributed by atoms with E-state index in [-0.39, 0.29) is 15.1 Å². The predicted octanol–water partition coefficient (Wildman–Crippen LogP) is 7.45. The van der Waals surface area contributed by atoms with Gasteiger partial charge in [0.1, 0.15) is 0 Å². The zero-order chi connectivity index (χ0) is 31.1. The molecule has 4 rings (SSSR count). The summed E-state index contributed by atoms with van der Waals surface area (Å²) in [6.45, 7) is 10.1. The Hall–Kier alpha value is -1.95. The van der Waals surface area contributed by atoms with Gasteiger partial charge in [0.25, 0.3) is 0 Å². The largest absolute Gasteiger partial charge is 0.501 e. The lowest BCUT2D eigenvalue weighted by molar-refractivity contribution is -0.0225. The predicted molar refractivity (Wildman–Crippen MR) is 200 cm³/mol. The average molecular weight is 661 g/mol. The van der Waals surface area contributed by atoms with E-state index in [4.69, 9.17) is 13.3 Å². The summed E-state index contributed by atoms with van der Waals surface area (Å²) >= 11 is 0. The third-order valence-corrected chi connectivity index (χ3v) is 18.0. The molecule has 4 aromatic carbocycles. The smallest absolute Gasteiger partial charge is 0.374 e. The summed E-state index contributed by atoms with van der Waals surface area (Å²) < 4.78 is 20.5. The normalized spacial score (nSPS) is 12.5. The van der Waals surface area contributed by atoms with Crippen LogP contribution in [0.5, 0.6) is 0 Å². The third kappa shape index (κ3) is 10.3. The molecule has 0 aliphatic heterocycles. The molecular weight excluding hydrogens is 611 g/mol. The van der Waals surface area contributed by atoms with Crippen molar-refractivity contribution < 1.29 is 13.3 Å². The van der Waals surface area contributed by atoms with Gasteiger partial charge in [-0.15, -0.1) is 0 Å². The number of hydrogen-bond donors (Lipinski definition) is 0. The Kier molecular flexibility index (Phi) is 14.5. The summed E-state index contributed by atoms with van der Waals surface area (Å²) in [4.78, 5) is 0. The first-order valence-corrected chi connectivity index (χ1v) is 23.6. The molecule has 4 aromatic rings. The quantitative estimate of drug-likeness (QED) is 0.0773. The average Bonchev–Trinajstić information content (AvgIpc) is 3.06. The SMILES string of the molecule is CCO[Si](CC[SiH2]C)(OCC)OC(C)(CCP(c1ccccc1)c1ccccc1)CCP(c1ccccc1)c1ccccc1. The van der Waals surface area contributed by atoms with Crippen molar-refractivity contribution in [3.8, 4) is 0 Å². The standard InChI is InChI=1S/C37H50O3P2Si2/c1-5-38-44(39-6-2,32-31-43-4)40-37(3,27-29-41(33-19-11-7-12-20-33)34-21-13-8-14-22-34)28-30-42(35-23-15-9-16-24-35)36-25-17-10-18-26-36/h7-26H,5-6,27-32,43H2,1-4H3. The minimum Gasteiger partial charge on any atom is -0.374 e. The van der Waals surface area contributed by atoms with Crippen molar-refractivity contribution >= 4 is 55.4 Å². The highest BCUT2D eigenvalue weighted by atomic mass is 31.1. The molecule has 0 heterocycles. The van der Waals surface area contributed by atoms with E-state index in [1.807, 2.05) is 0 Å². The molecule has 0 spiro atoms. The van der Waals surface area contributed by atoms with Gasteiger partial charge in [0.2, 0.25) is 0 Å². The van der Waals surface area contributed by atoms with Crippen molar-refractivity contribution in [2.45, 2.75) is 57.8 Å². The van der Waals surface area contributed by atoms with Crippen LogP contribution in [0.25, 0.3) is 0 Å². The first-order chi connectivity index (χ1) is 21.5. The molecule has 0 atom stereocenters. The van der Waals surface area contributed by atoms with E-state index in [1.165, 1.54) is 27.3 Å². The first-order valence-electron chi connectivity index (χ1n) is 16.2. The fourth-order valence-electron chi connectivity index (χ4n) is 5.67. The van der Waals surface area contributed by atoms with Gasteiger partial charge in [-0.25, -0.2) is 0 Å². The molecule has 0 aliphatic rings. The van der Waals surface area contributed by atoms with Gasteiger partial charge in [0.15, 0.2) is 0 Å². The van der Waals surface area contributed by atoms with Crippen LogP contribution in [0.1, 0.15) is 33.6 Å². The number of hydrogen-bond acceptors (Lipinski definition) is 3. The van der Waals surface area contributed by atoms with Gasteiger partial charge in [0, 0.05) is 28.8 Å². The third-order valence-electron chi connectivity index (χ3n) is 7.97. The Bertz CT molecular complexity index is 1160. The molecule has 3 nitrogen and oxygen atoms in total.